The van der Waals surface area contributed by atoms with Crippen molar-refractivity contribution < 1.29 is 35.9 Å². The van der Waals surface area contributed by atoms with Gasteiger partial charge < -0.3 is 10.1 Å². The molecule has 34 heavy (non-hydrogen) atoms. The Kier molecular flexibility index (Phi) is 7.79. The summed E-state index contributed by atoms with van der Waals surface area (Å²) in [7, 11) is 0. The third-order valence-electron chi connectivity index (χ3n) is 6.48. The standard InChI is InChI=1S/C24H32F6N2O2/c1-22(2,3)31-21(33)18-5-4-17(13-20(18)25)34-11-8-16-12-19(16)15-6-9-32(10-7-15)14-23(26,27)24(28,29)30/h4-5,13,15-16,19H,6-12,14H2,1-3H3,(H,31,33)/t16?,19-/m1/s1. The molecule has 0 aromatic heterocycles. The molecule has 1 amide bonds. The van der Waals surface area contributed by atoms with Crippen LogP contribution in [0.4, 0.5) is 26.3 Å². The smallest absolute Gasteiger partial charge is 0.454 e. The summed E-state index contributed by atoms with van der Waals surface area (Å²) in [4.78, 5) is 13.3. The van der Waals surface area contributed by atoms with Gasteiger partial charge >= 0.3 is 12.1 Å². The normalized spacial score (nSPS) is 22.5. The molecule has 192 valence electrons. The molecule has 1 aliphatic carbocycles. The van der Waals surface area contributed by atoms with Crippen LogP contribution in [0.3, 0.4) is 0 Å². The van der Waals surface area contributed by atoms with E-state index in [1.807, 2.05) is 0 Å². The molecule has 1 saturated heterocycles. The summed E-state index contributed by atoms with van der Waals surface area (Å²) in [5.41, 5.74) is -0.534. The molecule has 2 aliphatic rings. The van der Waals surface area contributed by atoms with Gasteiger partial charge in [0.05, 0.1) is 18.7 Å². The molecule has 1 unspecified atom stereocenters. The Morgan fingerprint density at radius 1 is 1.12 bits per heavy atom. The number of carbonyl (C=O) groups excluding carboxylic acids is 1. The van der Waals surface area contributed by atoms with Crippen molar-refractivity contribution in [3.05, 3.63) is 29.6 Å². The molecule has 0 bridgehead atoms. The van der Waals surface area contributed by atoms with Crippen molar-refractivity contribution in [3.8, 4) is 5.75 Å². The van der Waals surface area contributed by atoms with E-state index in [-0.39, 0.29) is 18.7 Å². The van der Waals surface area contributed by atoms with Gasteiger partial charge in [0.1, 0.15) is 11.6 Å². The van der Waals surface area contributed by atoms with Gasteiger partial charge in [-0.25, -0.2) is 4.39 Å². The fourth-order valence-corrected chi connectivity index (χ4v) is 4.60. The molecule has 3 rings (SSSR count). The maximum Gasteiger partial charge on any atom is 0.454 e. The van der Waals surface area contributed by atoms with Crippen LogP contribution in [0, 0.1) is 23.6 Å². The lowest BCUT2D eigenvalue weighted by atomic mass is 9.90. The first-order chi connectivity index (χ1) is 15.7. The van der Waals surface area contributed by atoms with Crippen LogP contribution in [0.15, 0.2) is 18.2 Å². The minimum absolute atomic E-state index is 0.0520. The molecule has 1 N–H and O–H groups in total. The summed E-state index contributed by atoms with van der Waals surface area (Å²) in [5.74, 6) is -4.35. The predicted octanol–water partition coefficient (Wildman–Crippen LogP) is 5.67. The van der Waals surface area contributed by atoms with E-state index in [2.05, 4.69) is 5.32 Å². The number of carbonyl (C=O) groups is 1. The molecule has 4 nitrogen and oxygen atoms in total. The largest absolute Gasteiger partial charge is 0.493 e. The van der Waals surface area contributed by atoms with Crippen molar-refractivity contribution in [2.24, 2.45) is 17.8 Å². The third-order valence-corrected chi connectivity index (χ3v) is 6.48. The van der Waals surface area contributed by atoms with Crippen LogP contribution >= 0.6 is 0 Å². The molecule has 1 aromatic rings. The number of alkyl halides is 5. The second-order valence-electron chi connectivity index (χ2n) is 10.5. The number of hydrogen-bond donors (Lipinski definition) is 1. The van der Waals surface area contributed by atoms with Gasteiger partial charge in [-0.3, -0.25) is 9.69 Å². The Labute approximate surface area is 196 Å². The first-order valence-corrected chi connectivity index (χ1v) is 11.6. The van der Waals surface area contributed by atoms with Gasteiger partial charge in [-0.15, -0.1) is 0 Å². The highest BCUT2D eigenvalue weighted by molar-refractivity contribution is 5.95. The number of nitrogens with zero attached hydrogens (tertiary/aromatic N) is 1. The Bertz CT molecular complexity index is 860. The number of ether oxygens (including phenoxy) is 1. The molecule has 10 heteroatoms. The van der Waals surface area contributed by atoms with Crippen LogP contribution in [-0.4, -0.2) is 54.7 Å². The second kappa shape index (κ2) is 9.95. The van der Waals surface area contributed by atoms with E-state index in [9.17, 15) is 31.1 Å². The van der Waals surface area contributed by atoms with E-state index in [1.54, 1.807) is 26.8 Å². The van der Waals surface area contributed by atoms with Gasteiger partial charge in [0.2, 0.25) is 0 Å². The predicted molar refractivity (Wildman–Crippen MR) is 115 cm³/mol. The summed E-state index contributed by atoms with van der Waals surface area (Å²) < 4.78 is 83.7. The maximum absolute atomic E-state index is 14.3. The van der Waals surface area contributed by atoms with Gasteiger partial charge in [0.15, 0.2) is 0 Å². The van der Waals surface area contributed by atoms with Crippen molar-refractivity contribution in [2.75, 3.05) is 26.2 Å². The minimum Gasteiger partial charge on any atom is -0.493 e. The molecule has 1 saturated carbocycles. The van der Waals surface area contributed by atoms with Crippen molar-refractivity contribution in [1.82, 2.24) is 10.2 Å². The number of likely N-dealkylation sites (tertiary alicyclic amines) is 1. The molecular weight excluding hydrogens is 462 g/mol. The number of nitrogens with one attached hydrogen (secondary N) is 1. The lowest BCUT2D eigenvalue weighted by Crippen LogP contribution is -2.49. The first-order valence-electron chi connectivity index (χ1n) is 11.6. The Hall–Kier alpha value is -1.97. The zero-order valence-corrected chi connectivity index (χ0v) is 19.7. The van der Waals surface area contributed by atoms with Crippen molar-refractivity contribution in [1.29, 1.82) is 0 Å². The van der Waals surface area contributed by atoms with Gasteiger partial charge in [-0.2, -0.15) is 22.0 Å². The van der Waals surface area contributed by atoms with Crippen LogP contribution in [0.2, 0.25) is 0 Å². The number of rotatable bonds is 8. The summed E-state index contributed by atoms with van der Waals surface area (Å²) in [5, 5.41) is 2.71. The Balaban J connectivity index is 1.38. The number of hydrogen-bond acceptors (Lipinski definition) is 3. The lowest BCUT2D eigenvalue weighted by molar-refractivity contribution is -0.287. The van der Waals surface area contributed by atoms with Gasteiger partial charge in [0.25, 0.3) is 5.91 Å². The summed E-state index contributed by atoms with van der Waals surface area (Å²) in [6.45, 7) is 5.00. The van der Waals surface area contributed by atoms with Crippen LogP contribution in [0.5, 0.6) is 5.75 Å². The Morgan fingerprint density at radius 2 is 1.76 bits per heavy atom. The fraction of sp³-hybridized carbons (Fsp3) is 0.708. The highest BCUT2D eigenvalue weighted by atomic mass is 19.4. The van der Waals surface area contributed by atoms with Gasteiger partial charge in [-0.05, 0) is 89.4 Å². The molecule has 1 heterocycles. The highest BCUT2D eigenvalue weighted by Gasteiger charge is 2.58. The average Bonchev–Trinajstić information content (AvgIpc) is 3.45. The molecular formula is C24H32F6N2O2. The van der Waals surface area contributed by atoms with E-state index in [1.165, 1.54) is 17.0 Å². The zero-order chi connectivity index (χ0) is 25.3. The molecule has 1 aliphatic heterocycles. The molecule has 0 spiro atoms. The van der Waals surface area contributed by atoms with Gasteiger partial charge in [-0.1, -0.05) is 0 Å². The minimum atomic E-state index is -5.52. The van der Waals surface area contributed by atoms with Crippen molar-refractivity contribution in [2.45, 2.75) is 64.1 Å². The van der Waals surface area contributed by atoms with Crippen molar-refractivity contribution in [3.63, 3.8) is 0 Å². The summed E-state index contributed by atoms with van der Waals surface area (Å²) in [6, 6.07) is 4.13. The Morgan fingerprint density at radius 3 is 2.32 bits per heavy atom. The van der Waals surface area contributed by atoms with Crippen LogP contribution in [-0.2, 0) is 0 Å². The SMILES string of the molecule is CC(C)(C)NC(=O)c1ccc(OCCC2C[C@@H]2C2CCN(CC(F)(F)C(F)(F)F)CC2)cc1F. The van der Waals surface area contributed by atoms with E-state index in [4.69, 9.17) is 4.74 Å². The average molecular weight is 495 g/mol. The summed E-state index contributed by atoms with van der Waals surface area (Å²) >= 11 is 0. The monoisotopic (exact) mass is 494 g/mol. The van der Waals surface area contributed by atoms with E-state index in [0.717, 1.165) is 12.8 Å². The topological polar surface area (TPSA) is 41.6 Å². The van der Waals surface area contributed by atoms with E-state index >= 15 is 0 Å². The fourth-order valence-electron chi connectivity index (χ4n) is 4.60. The number of amides is 1. The first kappa shape index (κ1) is 26.6. The van der Waals surface area contributed by atoms with Crippen LogP contribution in [0.25, 0.3) is 0 Å². The number of piperidine rings is 1. The quantitative estimate of drug-likeness (QED) is 0.474. The molecule has 2 atom stereocenters. The molecule has 1 aromatic carbocycles. The number of benzene rings is 1. The third kappa shape index (κ3) is 7.02. The number of halogens is 6. The van der Waals surface area contributed by atoms with E-state index < -0.39 is 35.9 Å². The zero-order valence-electron chi connectivity index (χ0n) is 19.7. The lowest BCUT2D eigenvalue weighted by Gasteiger charge is -2.34. The summed E-state index contributed by atoms with van der Waals surface area (Å²) in [6.07, 6.45) is -2.57. The van der Waals surface area contributed by atoms with Crippen LogP contribution < -0.4 is 10.1 Å². The molecule has 2 fully saturated rings. The van der Waals surface area contributed by atoms with Crippen molar-refractivity contribution >= 4 is 5.91 Å². The molecule has 0 radical (unpaired) electrons. The van der Waals surface area contributed by atoms with Crippen LogP contribution in [0.1, 0.15) is 56.8 Å². The highest BCUT2D eigenvalue weighted by Crippen LogP contribution is 2.50. The van der Waals surface area contributed by atoms with E-state index in [0.29, 0.717) is 43.0 Å². The maximum atomic E-state index is 14.3. The second-order valence-corrected chi connectivity index (χ2v) is 10.5. The van der Waals surface area contributed by atoms with Gasteiger partial charge in [0, 0.05) is 11.6 Å².